The maximum absolute atomic E-state index is 11.1. The molecule has 0 heterocycles. The van der Waals surface area contributed by atoms with Crippen LogP contribution in [0.15, 0.2) is 12.2 Å². The third kappa shape index (κ3) is 12.0. The molecule has 0 aliphatic carbocycles. The highest BCUT2D eigenvalue weighted by atomic mass is 16.5. The van der Waals surface area contributed by atoms with E-state index in [4.69, 9.17) is 9.47 Å². The summed E-state index contributed by atoms with van der Waals surface area (Å²) in [6.45, 7) is 9.09. The Hall–Kier alpha value is -0.830. The molecule has 0 aromatic rings. The molecule has 0 saturated heterocycles. The Balaban J connectivity index is 3.69. The summed E-state index contributed by atoms with van der Waals surface area (Å²) < 4.78 is 10.6. The average molecular weight is 270 g/mol. The zero-order chi connectivity index (χ0) is 14.6. The molecule has 0 radical (unpaired) electrons. The number of unbranched alkanes of at least 4 members (excludes halogenated alkanes) is 4. The van der Waals surface area contributed by atoms with Crippen LogP contribution in [0.2, 0.25) is 0 Å². The lowest BCUT2D eigenvalue weighted by atomic mass is 9.99. The Bertz CT molecular complexity index is 257. The van der Waals surface area contributed by atoms with Crippen LogP contribution in [0.4, 0.5) is 0 Å². The van der Waals surface area contributed by atoms with Crippen LogP contribution in [-0.2, 0) is 14.3 Å². The SMILES string of the molecule is CCCCCCCC(C)(C)OC/C=C/C(=O)OCC. The molecule has 112 valence electrons. The van der Waals surface area contributed by atoms with E-state index in [9.17, 15) is 4.79 Å². The van der Waals surface area contributed by atoms with Gasteiger partial charge in [-0.05, 0) is 27.2 Å². The standard InChI is InChI=1S/C16H30O3/c1-5-7-8-9-10-13-16(3,4)19-14-11-12-15(17)18-6-2/h11-12H,5-10,13-14H2,1-4H3/b12-11+. The number of carbonyl (C=O) groups excluding carboxylic acids is 1. The molecule has 19 heavy (non-hydrogen) atoms. The molecule has 3 heteroatoms. The summed E-state index contributed by atoms with van der Waals surface area (Å²) in [4.78, 5) is 11.1. The fourth-order valence-electron chi connectivity index (χ4n) is 1.83. The minimum atomic E-state index is -0.302. The van der Waals surface area contributed by atoms with E-state index in [1.54, 1.807) is 13.0 Å². The molecule has 0 rings (SSSR count). The fraction of sp³-hybridized carbons (Fsp3) is 0.812. The van der Waals surface area contributed by atoms with Gasteiger partial charge in [0.25, 0.3) is 0 Å². The monoisotopic (exact) mass is 270 g/mol. The number of rotatable bonds is 11. The topological polar surface area (TPSA) is 35.5 Å². The van der Waals surface area contributed by atoms with Gasteiger partial charge in [0.05, 0.1) is 18.8 Å². The first-order valence-electron chi connectivity index (χ1n) is 7.49. The molecule has 0 unspecified atom stereocenters. The van der Waals surface area contributed by atoms with E-state index in [0.29, 0.717) is 13.2 Å². The lowest BCUT2D eigenvalue weighted by molar-refractivity contribution is -0.137. The highest BCUT2D eigenvalue weighted by Crippen LogP contribution is 2.19. The summed E-state index contributed by atoms with van der Waals surface area (Å²) >= 11 is 0. The second-order valence-electron chi connectivity index (χ2n) is 5.39. The Morgan fingerprint density at radius 2 is 1.79 bits per heavy atom. The Morgan fingerprint density at radius 1 is 1.11 bits per heavy atom. The van der Waals surface area contributed by atoms with Crippen LogP contribution in [0.25, 0.3) is 0 Å². The quantitative estimate of drug-likeness (QED) is 0.320. The van der Waals surface area contributed by atoms with Gasteiger partial charge in [-0.2, -0.15) is 0 Å². The summed E-state index contributed by atoms with van der Waals surface area (Å²) in [6, 6.07) is 0. The van der Waals surface area contributed by atoms with Crippen molar-refractivity contribution in [3.05, 3.63) is 12.2 Å². The molecule has 3 nitrogen and oxygen atoms in total. The van der Waals surface area contributed by atoms with Crippen LogP contribution in [0.5, 0.6) is 0 Å². The molecular formula is C16H30O3. The zero-order valence-electron chi connectivity index (χ0n) is 13.0. The zero-order valence-corrected chi connectivity index (χ0v) is 13.0. The van der Waals surface area contributed by atoms with Crippen molar-refractivity contribution >= 4 is 5.97 Å². The van der Waals surface area contributed by atoms with Crippen molar-refractivity contribution in [2.45, 2.75) is 71.8 Å². The summed E-state index contributed by atoms with van der Waals surface area (Å²) in [7, 11) is 0. The van der Waals surface area contributed by atoms with Crippen molar-refractivity contribution in [2.75, 3.05) is 13.2 Å². The average Bonchev–Trinajstić information content (AvgIpc) is 2.35. The van der Waals surface area contributed by atoms with Crippen molar-refractivity contribution in [3.8, 4) is 0 Å². The third-order valence-electron chi connectivity index (χ3n) is 2.99. The van der Waals surface area contributed by atoms with Gasteiger partial charge >= 0.3 is 5.97 Å². The molecule has 0 aliphatic rings. The van der Waals surface area contributed by atoms with Crippen molar-refractivity contribution in [2.24, 2.45) is 0 Å². The Morgan fingerprint density at radius 3 is 2.42 bits per heavy atom. The molecule has 0 fully saturated rings. The molecule has 0 N–H and O–H groups in total. The first-order valence-corrected chi connectivity index (χ1v) is 7.49. The second-order valence-corrected chi connectivity index (χ2v) is 5.39. The van der Waals surface area contributed by atoms with E-state index in [2.05, 4.69) is 20.8 Å². The van der Waals surface area contributed by atoms with Crippen LogP contribution >= 0.6 is 0 Å². The number of hydrogen-bond donors (Lipinski definition) is 0. The predicted octanol–water partition coefficient (Wildman–Crippen LogP) is 4.26. The number of ether oxygens (including phenoxy) is 2. The van der Waals surface area contributed by atoms with Gasteiger partial charge in [0.1, 0.15) is 0 Å². The molecule has 0 aliphatic heterocycles. The van der Waals surface area contributed by atoms with Crippen LogP contribution in [0.1, 0.15) is 66.2 Å². The molecule has 0 aromatic heterocycles. The minimum absolute atomic E-state index is 0.120. The van der Waals surface area contributed by atoms with Gasteiger partial charge in [0.2, 0.25) is 0 Å². The smallest absolute Gasteiger partial charge is 0.330 e. The largest absolute Gasteiger partial charge is 0.463 e. The summed E-state index contributed by atoms with van der Waals surface area (Å²) in [6.07, 6.45) is 10.6. The van der Waals surface area contributed by atoms with Crippen molar-refractivity contribution in [3.63, 3.8) is 0 Å². The third-order valence-corrected chi connectivity index (χ3v) is 2.99. The van der Waals surface area contributed by atoms with Gasteiger partial charge in [-0.3, -0.25) is 0 Å². The van der Waals surface area contributed by atoms with Crippen molar-refractivity contribution in [1.82, 2.24) is 0 Å². The maximum Gasteiger partial charge on any atom is 0.330 e. The number of hydrogen-bond acceptors (Lipinski definition) is 3. The van der Waals surface area contributed by atoms with Gasteiger partial charge in [-0.1, -0.05) is 45.1 Å². The van der Waals surface area contributed by atoms with Gasteiger partial charge in [0.15, 0.2) is 0 Å². The summed E-state index contributed by atoms with van der Waals surface area (Å²) in [5.41, 5.74) is -0.120. The van der Waals surface area contributed by atoms with E-state index in [-0.39, 0.29) is 11.6 Å². The maximum atomic E-state index is 11.1. The van der Waals surface area contributed by atoms with Gasteiger partial charge < -0.3 is 9.47 Å². The van der Waals surface area contributed by atoms with Gasteiger partial charge in [-0.25, -0.2) is 4.79 Å². The summed E-state index contributed by atoms with van der Waals surface area (Å²) in [5.74, 6) is -0.302. The Kier molecular flexibility index (Phi) is 10.6. The van der Waals surface area contributed by atoms with E-state index >= 15 is 0 Å². The number of esters is 1. The lowest BCUT2D eigenvalue weighted by Crippen LogP contribution is -2.24. The second kappa shape index (κ2) is 11.0. The molecule has 0 bridgehead atoms. The summed E-state index contributed by atoms with van der Waals surface area (Å²) in [5, 5.41) is 0. The van der Waals surface area contributed by atoms with E-state index in [1.807, 2.05) is 0 Å². The molecule has 0 saturated carbocycles. The molecule has 0 amide bonds. The lowest BCUT2D eigenvalue weighted by Gasteiger charge is -2.24. The van der Waals surface area contributed by atoms with Crippen molar-refractivity contribution in [1.29, 1.82) is 0 Å². The fourth-order valence-corrected chi connectivity index (χ4v) is 1.83. The number of carbonyl (C=O) groups is 1. The highest BCUT2D eigenvalue weighted by Gasteiger charge is 2.16. The van der Waals surface area contributed by atoms with Crippen LogP contribution in [0, 0.1) is 0 Å². The van der Waals surface area contributed by atoms with Crippen LogP contribution in [-0.4, -0.2) is 24.8 Å². The Labute approximate surface area is 118 Å². The van der Waals surface area contributed by atoms with Crippen molar-refractivity contribution < 1.29 is 14.3 Å². The first-order chi connectivity index (χ1) is 9.02. The first kappa shape index (κ1) is 18.2. The normalized spacial score (nSPS) is 12.0. The molecule has 0 aromatic carbocycles. The molecule has 0 atom stereocenters. The van der Waals surface area contributed by atoms with E-state index in [1.165, 1.54) is 38.2 Å². The minimum Gasteiger partial charge on any atom is -0.463 e. The molecular weight excluding hydrogens is 240 g/mol. The van der Waals surface area contributed by atoms with E-state index in [0.717, 1.165) is 6.42 Å². The van der Waals surface area contributed by atoms with Crippen LogP contribution in [0.3, 0.4) is 0 Å². The predicted molar refractivity (Wildman–Crippen MR) is 79.2 cm³/mol. The van der Waals surface area contributed by atoms with Crippen LogP contribution < -0.4 is 0 Å². The van der Waals surface area contributed by atoms with Gasteiger partial charge in [0, 0.05) is 6.08 Å². The highest BCUT2D eigenvalue weighted by molar-refractivity contribution is 5.81. The molecule has 0 spiro atoms. The van der Waals surface area contributed by atoms with E-state index < -0.39 is 0 Å². The van der Waals surface area contributed by atoms with Gasteiger partial charge in [-0.15, -0.1) is 0 Å².